The average molecular weight is 211 g/mol. The second-order valence-corrected chi connectivity index (χ2v) is 3.19. The van der Waals surface area contributed by atoms with Gasteiger partial charge in [-0.2, -0.15) is 5.10 Å². The number of carbonyl (C=O) groups excluding carboxylic acids is 1. The molecule has 0 aromatic carbocycles. The number of hydrogen-bond acceptors (Lipinski definition) is 3. The zero-order valence-electron chi connectivity index (χ0n) is 9.19. The highest BCUT2D eigenvalue weighted by Gasteiger charge is 2.10. The van der Waals surface area contributed by atoms with E-state index in [0.717, 1.165) is 13.0 Å². The van der Waals surface area contributed by atoms with Crippen molar-refractivity contribution in [1.82, 2.24) is 15.1 Å². The molecule has 84 valence electrons. The van der Waals surface area contributed by atoms with Gasteiger partial charge in [-0.3, -0.25) is 9.48 Å². The molecule has 0 aliphatic rings. The number of hydrogen-bond donors (Lipinski definition) is 1. The van der Waals surface area contributed by atoms with Crippen LogP contribution >= 0.6 is 0 Å². The van der Waals surface area contributed by atoms with Crippen LogP contribution in [0.2, 0.25) is 0 Å². The fourth-order valence-electron chi connectivity index (χ4n) is 1.27. The third-order valence-electron chi connectivity index (χ3n) is 1.98. The van der Waals surface area contributed by atoms with E-state index >= 15 is 0 Å². The van der Waals surface area contributed by atoms with E-state index < -0.39 is 0 Å². The van der Waals surface area contributed by atoms with Crippen molar-refractivity contribution in [2.24, 2.45) is 0 Å². The fraction of sp³-hybridized carbons (Fsp3) is 0.600. The molecule has 1 heterocycles. The minimum absolute atomic E-state index is 0.0991. The quantitative estimate of drug-likeness (QED) is 0.704. The van der Waals surface area contributed by atoms with E-state index in [1.54, 1.807) is 24.1 Å². The normalized spacial score (nSPS) is 10.3. The first-order chi connectivity index (χ1) is 7.29. The molecule has 1 N–H and O–H groups in total. The lowest BCUT2D eigenvalue weighted by molar-refractivity contribution is 0.0926. The third-order valence-corrected chi connectivity index (χ3v) is 1.98. The molecule has 15 heavy (non-hydrogen) atoms. The largest absolute Gasteiger partial charge is 0.383 e. The Balaban J connectivity index is 2.53. The van der Waals surface area contributed by atoms with Gasteiger partial charge in [-0.05, 0) is 12.5 Å². The van der Waals surface area contributed by atoms with Crippen LogP contribution in [0.1, 0.15) is 23.8 Å². The Hall–Kier alpha value is -1.36. The summed E-state index contributed by atoms with van der Waals surface area (Å²) >= 11 is 0. The first kappa shape index (κ1) is 11.7. The molecule has 0 bridgehead atoms. The van der Waals surface area contributed by atoms with Gasteiger partial charge in [0.25, 0.3) is 5.91 Å². The van der Waals surface area contributed by atoms with Crippen LogP contribution in [-0.2, 0) is 11.3 Å². The highest BCUT2D eigenvalue weighted by Crippen LogP contribution is 1.99. The van der Waals surface area contributed by atoms with Crippen LogP contribution in [0.25, 0.3) is 0 Å². The Labute approximate surface area is 89.4 Å². The minimum Gasteiger partial charge on any atom is -0.383 e. The van der Waals surface area contributed by atoms with E-state index in [2.05, 4.69) is 10.4 Å². The van der Waals surface area contributed by atoms with Gasteiger partial charge in [0.15, 0.2) is 0 Å². The van der Waals surface area contributed by atoms with Crippen molar-refractivity contribution in [3.8, 4) is 0 Å². The summed E-state index contributed by atoms with van der Waals surface area (Å²) in [6.45, 7) is 3.86. The first-order valence-corrected chi connectivity index (χ1v) is 5.08. The molecular formula is C10H17N3O2. The lowest BCUT2D eigenvalue weighted by Crippen LogP contribution is -2.29. The Morgan fingerprint density at radius 3 is 3.13 bits per heavy atom. The molecule has 0 saturated heterocycles. The van der Waals surface area contributed by atoms with Gasteiger partial charge in [0.05, 0.1) is 6.61 Å². The number of ether oxygens (including phenoxy) is 1. The minimum atomic E-state index is -0.0991. The smallest absolute Gasteiger partial charge is 0.269 e. The first-order valence-electron chi connectivity index (χ1n) is 5.08. The summed E-state index contributed by atoms with van der Waals surface area (Å²) in [4.78, 5) is 11.6. The maximum absolute atomic E-state index is 11.6. The highest BCUT2D eigenvalue weighted by atomic mass is 16.5. The molecule has 5 nitrogen and oxygen atoms in total. The van der Waals surface area contributed by atoms with Gasteiger partial charge >= 0.3 is 0 Å². The van der Waals surface area contributed by atoms with Crippen molar-refractivity contribution < 1.29 is 9.53 Å². The van der Waals surface area contributed by atoms with E-state index in [1.165, 1.54) is 0 Å². The lowest BCUT2D eigenvalue weighted by Gasteiger charge is -2.06. The van der Waals surface area contributed by atoms with Crippen molar-refractivity contribution in [3.05, 3.63) is 18.0 Å². The summed E-state index contributed by atoms with van der Waals surface area (Å²) in [5.74, 6) is -0.0991. The van der Waals surface area contributed by atoms with Crippen LogP contribution in [-0.4, -0.2) is 35.9 Å². The zero-order chi connectivity index (χ0) is 11.1. The molecule has 0 aliphatic heterocycles. The standard InChI is InChI=1S/C10H17N3O2/c1-3-7-13-9(4-5-12-13)10(14)11-6-8-15-2/h4-5H,3,6-8H2,1-2H3,(H,11,14). The van der Waals surface area contributed by atoms with Crippen LogP contribution in [0.15, 0.2) is 12.3 Å². The van der Waals surface area contributed by atoms with Gasteiger partial charge < -0.3 is 10.1 Å². The summed E-state index contributed by atoms with van der Waals surface area (Å²) in [5, 5.41) is 6.84. The summed E-state index contributed by atoms with van der Waals surface area (Å²) < 4.78 is 6.56. The average Bonchev–Trinajstić information content (AvgIpc) is 2.67. The van der Waals surface area contributed by atoms with Gasteiger partial charge in [-0.25, -0.2) is 0 Å². The molecule has 1 rings (SSSR count). The Morgan fingerprint density at radius 1 is 1.67 bits per heavy atom. The molecule has 0 aliphatic carbocycles. The third kappa shape index (κ3) is 3.36. The number of aryl methyl sites for hydroxylation is 1. The molecule has 5 heteroatoms. The van der Waals surface area contributed by atoms with Gasteiger partial charge in [0.1, 0.15) is 5.69 Å². The Morgan fingerprint density at radius 2 is 2.47 bits per heavy atom. The molecule has 1 aromatic heterocycles. The summed E-state index contributed by atoms with van der Waals surface area (Å²) in [6.07, 6.45) is 2.60. The van der Waals surface area contributed by atoms with Crippen molar-refractivity contribution in [3.63, 3.8) is 0 Å². The molecule has 0 saturated carbocycles. The topological polar surface area (TPSA) is 56.2 Å². The van der Waals surface area contributed by atoms with E-state index in [-0.39, 0.29) is 5.91 Å². The van der Waals surface area contributed by atoms with Gasteiger partial charge in [-0.15, -0.1) is 0 Å². The number of nitrogens with zero attached hydrogens (tertiary/aromatic N) is 2. The van der Waals surface area contributed by atoms with E-state index in [0.29, 0.717) is 18.8 Å². The number of methoxy groups -OCH3 is 1. The van der Waals surface area contributed by atoms with E-state index in [9.17, 15) is 4.79 Å². The summed E-state index contributed by atoms with van der Waals surface area (Å²) in [5.41, 5.74) is 0.605. The number of amides is 1. The number of aromatic nitrogens is 2. The monoisotopic (exact) mass is 211 g/mol. The van der Waals surface area contributed by atoms with Crippen LogP contribution in [0.3, 0.4) is 0 Å². The van der Waals surface area contributed by atoms with Gasteiger partial charge in [0.2, 0.25) is 0 Å². The lowest BCUT2D eigenvalue weighted by atomic mass is 10.4. The summed E-state index contributed by atoms with van der Waals surface area (Å²) in [7, 11) is 1.60. The predicted molar refractivity (Wildman–Crippen MR) is 56.7 cm³/mol. The zero-order valence-corrected chi connectivity index (χ0v) is 9.19. The molecule has 0 fully saturated rings. The molecule has 0 unspecified atom stereocenters. The predicted octanol–water partition coefficient (Wildman–Crippen LogP) is 0.669. The Bertz CT molecular complexity index is 309. The molecule has 0 atom stereocenters. The van der Waals surface area contributed by atoms with Crippen molar-refractivity contribution in [2.45, 2.75) is 19.9 Å². The van der Waals surface area contributed by atoms with Crippen LogP contribution in [0, 0.1) is 0 Å². The molecule has 1 amide bonds. The van der Waals surface area contributed by atoms with Crippen LogP contribution in [0.5, 0.6) is 0 Å². The van der Waals surface area contributed by atoms with Gasteiger partial charge in [0, 0.05) is 26.4 Å². The maximum atomic E-state index is 11.6. The highest BCUT2D eigenvalue weighted by molar-refractivity contribution is 5.92. The SMILES string of the molecule is CCCn1nccc1C(=O)NCCOC. The number of nitrogens with one attached hydrogen (secondary N) is 1. The molecule has 0 radical (unpaired) electrons. The second kappa shape index (κ2) is 6.19. The number of carbonyl (C=O) groups is 1. The fourth-order valence-corrected chi connectivity index (χ4v) is 1.27. The van der Waals surface area contributed by atoms with Crippen LogP contribution < -0.4 is 5.32 Å². The summed E-state index contributed by atoms with van der Waals surface area (Å²) in [6, 6.07) is 1.72. The Kier molecular flexibility index (Phi) is 4.83. The maximum Gasteiger partial charge on any atom is 0.269 e. The van der Waals surface area contributed by atoms with Crippen molar-refractivity contribution in [1.29, 1.82) is 0 Å². The number of rotatable bonds is 6. The second-order valence-electron chi connectivity index (χ2n) is 3.19. The molecule has 1 aromatic rings. The van der Waals surface area contributed by atoms with Gasteiger partial charge in [-0.1, -0.05) is 6.92 Å². The molecule has 0 spiro atoms. The van der Waals surface area contributed by atoms with Crippen molar-refractivity contribution in [2.75, 3.05) is 20.3 Å². The van der Waals surface area contributed by atoms with E-state index in [4.69, 9.17) is 4.74 Å². The van der Waals surface area contributed by atoms with Crippen molar-refractivity contribution >= 4 is 5.91 Å². The van der Waals surface area contributed by atoms with Crippen LogP contribution in [0.4, 0.5) is 0 Å². The molecular weight excluding hydrogens is 194 g/mol. The van der Waals surface area contributed by atoms with E-state index in [1.807, 2.05) is 6.92 Å².